The molecule has 43 heavy (non-hydrogen) atoms. The lowest BCUT2D eigenvalue weighted by molar-refractivity contribution is -0.124. The van der Waals surface area contributed by atoms with E-state index in [4.69, 9.17) is 0 Å². The second-order valence-electron chi connectivity index (χ2n) is 12.3. The normalized spacial score (nSPS) is 19.4. The molecule has 1 saturated carbocycles. The van der Waals surface area contributed by atoms with E-state index < -0.39 is 11.5 Å². The van der Waals surface area contributed by atoms with Gasteiger partial charge in [0.2, 0.25) is 11.8 Å². The molecule has 0 bridgehead atoms. The molecule has 1 aliphatic carbocycles. The smallest absolute Gasteiger partial charge is 0.270 e. The van der Waals surface area contributed by atoms with Crippen LogP contribution in [0.15, 0.2) is 60.8 Å². The van der Waals surface area contributed by atoms with E-state index in [2.05, 4.69) is 21.0 Å². The minimum Gasteiger partial charge on any atom is -0.339 e. The van der Waals surface area contributed by atoms with Crippen LogP contribution < -0.4 is 20.9 Å². The van der Waals surface area contributed by atoms with E-state index in [-0.39, 0.29) is 23.6 Å². The zero-order valence-corrected chi connectivity index (χ0v) is 25.0. The van der Waals surface area contributed by atoms with Crippen LogP contribution in [0.2, 0.25) is 0 Å². The molecule has 3 heterocycles. The second kappa shape index (κ2) is 12.7. The number of hydrogen-bond acceptors (Lipinski definition) is 5. The Hall–Kier alpha value is -3.98. The fourth-order valence-corrected chi connectivity index (χ4v) is 7.23. The summed E-state index contributed by atoms with van der Waals surface area (Å²) >= 11 is 0. The van der Waals surface area contributed by atoms with Gasteiger partial charge in [-0.2, -0.15) is 5.10 Å². The maximum atomic E-state index is 14.1. The van der Waals surface area contributed by atoms with Crippen LogP contribution in [0.25, 0.3) is 0 Å². The predicted octanol–water partition coefficient (Wildman–Crippen LogP) is 4.69. The molecule has 9 heteroatoms. The van der Waals surface area contributed by atoms with Gasteiger partial charge in [-0.15, -0.1) is 0 Å². The molecule has 1 saturated heterocycles. The van der Waals surface area contributed by atoms with Crippen LogP contribution in [0.1, 0.15) is 79.4 Å². The van der Waals surface area contributed by atoms with Crippen molar-refractivity contribution in [3.05, 3.63) is 77.6 Å². The SMILES string of the molecule is Cn1nccc1C(=O)NC(C(=O)Nc1ccc2c(c1)N(Cc1ccccc1)C(=O)C21CCNCC1)C1CCCCCCC1. The molecule has 3 aliphatic rings. The van der Waals surface area contributed by atoms with Gasteiger partial charge in [0.1, 0.15) is 11.7 Å². The van der Waals surface area contributed by atoms with Gasteiger partial charge in [-0.25, -0.2) is 0 Å². The lowest BCUT2D eigenvalue weighted by Crippen LogP contribution is -2.49. The summed E-state index contributed by atoms with van der Waals surface area (Å²) in [5, 5.41) is 13.7. The zero-order valence-electron chi connectivity index (χ0n) is 25.0. The molecule has 2 fully saturated rings. The summed E-state index contributed by atoms with van der Waals surface area (Å²) in [6.45, 7) is 2.06. The summed E-state index contributed by atoms with van der Waals surface area (Å²) in [6.07, 6.45) is 10.5. The van der Waals surface area contributed by atoms with Gasteiger partial charge in [0, 0.05) is 18.9 Å². The number of rotatable bonds is 7. The molecular weight excluding hydrogens is 540 g/mol. The average Bonchev–Trinajstić information content (AvgIpc) is 3.52. The van der Waals surface area contributed by atoms with E-state index in [1.165, 1.54) is 11.1 Å². The van der Waals surface area contributed by atoms with Crippen LogP contribution in [-0.4, -0.2) is 46.6 Å². The molecule has 1 atom stereocenters. The first-order chi connectivity index (χ1) is 21.0. The van der Waals surface area contributed by atoms with Crippen molar-refractivity contribution in [3.63, 3.8) is 0 Å². The Morgan fingerprint density at radius 1 is 1.00 bits per heavy atom. The van der Waals surface area contributed by atoms with Crippen LogP contribution in [0.3, 0.4) is 0 Å². The molecule has 3 aromatic rings. The molecule has 3 amide bonds. The van der Waals surface area contributed by atoms with Crippen LogP contribution in [0, 0.1) is 5.92 Å². The van der Waals surface area contributed by atoms with Crippen molar-refractivity contribution in [1.29, 1.82) is 0 Å². The van der Waals surface area contributed by atoms with Gasteiger partial charge < -0.3 is 20.9 Å². The Morgan fingerprint density at radius 2 is 1.72 bits per heavy atom. The largest absolute Gasteiger partial charge is 0.339 e. The fourth-order valence-electron chi connectivity index (χ4n) is 7.23. The highest BCUT2D eigenvalue weighted by molar-refractivity contribution is 6.09. The van der Waals surface area contributed by atoms with Gasteiger partial charge in [-0.1, -0.05) is 68.5 Å². The Kier molecular flexibility index (Phi) is 8.61. The van der Waals surface area contributed by atoms with Gasteiger partial charge in [0.05, 0.1) is 17.6 Å². The van der Waals surface area contributed by atoms with E-state index in [0.717, 1.165) is 81.3 Å². The van der Waals surface area contributed by atoms with E-state index in [1.54, 1.807) is 19.3 Å². The number of anilines is 2. The predicted molar refractivity (Wildman–Crippen MR) is 167 cm³/mol. The second-order valence-corrected chi connectivity index (χ2v) is 12.3. The van der Waals surface area contributed by atoms with E-state index in [1.807, 2.05) is 53.4 Å². The summed E-state index contributed by atoms with van der Waals surface area (Å²) in [6, 6.07) is 16.9. The summed E-state index contributed by atoms with van der Waals surface area (Å²) in [4.78, 5) is 43.2. The molecule has 2 aromatic carbocycles. The van der Waals surface area contributed by atoms with Crippen LogP contribution in [-0.2, 0) is 28.6 Å². The van der Waals surface area contributed by atoms with Gasteiger partial charge in [-0.05, 0) is 74.0 Å². The quantitative estimate of drug-likeness (QED) is 0.375. The molecule has 1 unspecified atom stereocenters. The molecule has 1 spiro atoms. The standard InChI is InChI=1S/C34H42N6O3/c1-39-28(16-19-36-39)31(41)38-30(25-12-8-3-2-4-9-13-25)32(42)37-26-14-15-27-29(22-26)40(23-24-10-6-5-7-11-24)33(43)34(27)17-20-35-21-18-34/h5-7,10-11,14-16,19,22,25,30,35H,2-4,8-9,12-13,17-18,20-21,23H2,1H3,(H,37,42)(H,38,41). The third kappa shape index (κ3) is 5.95. The molecule has 226 valence electrons. The molecule has 0 radical (unpaired) electrons. The van der Waals surface area contributed by atoms with Crippen LogP contribution in [0.5, 0.6) is 0 Å². The van der Waals surface area contributed by atoms with Crippen molar-refractivity contribution in [3.8, 4) is 0 Å². The number of amides is 3. The van der Waals surface area contributed by atoms with Gasteiger partial charge in [0.25, 0.3) is 5.91 Å². The van der Waals surface area contributed by atoms with Crippen molar-refractivity contribution in [2.24, 2.45) is 13.0 Å². The summed E-state index contributed by atoms with van der Waals surface area (Å²) in [5.74, 6) is -0.353. The highest BCUT2D eigenvalue weighted by atomic mass is 16.2. The monoisotopic (exact) mass is 582 g/mol. The number of aromatic nitrogens is 2. The lowest BCUT2D eigenvalue weighted by atomic mass is 9.74. The number of carbonyl (C=O) groups is 3. The van der Waals surface area contributed by atoms with E-state index in [9.17, 15) is 14.4 Å². The number of nitrogens with zero attached hydrogens (tertiary/aromatic N) is 3. The van der Waals surface area contributed by atoms with Crippen molar-refractivity contribution in [2.45, 2.75) is 75.8 Å². The third-order valence-corrected chi connectivity index (χ3v) is 9.61. The first kappa shape index (κ1) is 29.1. The third-order valence-electron chi connectivity index (χ3n) is 9.61. The van der Waals surface area contributed by atoms with Crippen LogP contribution >= 0.6 is 0 Å². The van der Waals surface area contributed by atoms with Gasteiger partial charge in [0.15, 0.2) is 0 Å². The molecular formula is C34H42N6O3. The summed E-state index contributed by atoms with van der Waals surface area (Å²) in [7, 11) is 1.72. The molecule has 2 aliphatic heterocycles. The Labute approximate surface area is 253 Å². The number of nitrogens with one attached hydrogen (secondary N) is 3. The van der Waals surface area contributed by atoms with Crippen molar-refractivity contribution >= 4 is 29.1 Å². The number of piperidine rings is 1. The first-order valence-electron chi connectivity index (χ1n) is 15.8. The highest BCUT2D eigenvalue weighted by Crippen LogP contribution is 2.48. The average molecular weight is 583 g/mol. The van der Waals surface area contributed by atoms with Gasteiger partial charge >= 0.3 is 0 Å². The van der Waals surface area contributed by atoms with Crippen molar-refractivity contribution in [1.82, 2.24) is 20.4 Å². The molecule has 3 N–H and O–H groups in total. The van der Waals surface area contributed by atoms with E-state index in [0.29, 0.717) is 17.9 Å². The Balaban J connectivity index is 1.29. The topological polar surface area (TPSA) is 108 Å². The Bertz CT molecular complexity index is 1450. The number of carbonyl (C=O) groups excluding carboxylic acids is 3. The number of fused-ring (bicyclic) bond motifs is 2. The zero-order chi connectivity index (χ0) is 29.8. The lowest BCUT2D eigenvalue weighted by Gasteiger charge is -2.33. The molecule has 6 rings (SSSR count). The van der Waals surface area contributed by atoms with Gasteiger partial charge in [-0.3, -0.25) is 19.1 Å². The van der Waals surface area contributed by atoms with Crippen molar-refractivity contribution < 1.29 is 14.4 Å². The molecule has 1 aromatic heterocycles. The van der Waals surface area contributed by atoms with E-state index >= 15 is 0 Å². The minimum absolute atomic E-state index is 0.0427. The summed E-state index contributed by atoms with van der Waals surface area (Å²) < 4.78 is 1.53. The molecule has 9 nitrogen and oxygen atoms in total. The van der Waals surface area contributed by atoms with Crippen molar-refractivity contribution in [2.75, 3.05) is 23.3 Å². The Morgan fingerprint density at radius 3 is 2.42 bits per heavy atom. The maximum Gasteiger partial charge on any atom is 0.270 e. The highest BCUT2D eigenvalue weighted by Gasteiger charge is 2.51. The number of hydrogen-bond donors (Lipinski definition) is 3. The minimum atomic E-state index is -0.674. The first-order valence-corrected chi connectivity index (χ1v) is 15.8. The number of benzene rings is 2. The fraction of sp³-hybridized carbons (Fsp3) is 0.471. The van der Waals surface area contributed by atoms with Crippen LogP contribution in [0.4, 0.5) is 11.4 Å². The number of aryl methyl sites for hydroxylation is 1. The maximum absolute atomic E-state index is 14.1. The summed E-state index contributed by atoms with van der Waals surface area (Å²) in [5.41, 5.74) is 3.46.